The molecule has 5 atom stereocenters. The Labute approximate surface area is 309 Å². The summed E-state index contributed by atoms with van der Waals surface area (Å²) in [6, 6.07) is 11.2. The van der Waals surface area contributed by atoms with Gasteiger partial charge in [0.05, 0.1) is 24.2 Å². The first-order chi connectivity index (χ1) is 24.6. The molecule has 3 aliphatic heterocycles. The van der Waals surface area contributed by atoms with Crippen LogP contribution in [-0.4, -0.2) is 83.1 Å². The predicted octanol–water partition coefficient (Wildman–Crippen LogP) is 6.24. The Balaban J connectivity index is 1.37. The van der Waals surface area contributed by atoms with E-state index in [9.17, 15) is 13.2 Å². The molecule has 1 amide bonds. The molecular weight excluding hydrogens is 686 g/mol. The van der Waals surface area contributed by atoms with Crippen molar-refractivity contribution in [3.8, 4) is 17.6 Å². The Kier molecular flexibility index (Phi) is 12.4. The van der Waals surface area contributed by atoms with Gasteiger partial charge in [0.2, 0.25) is 10.0 Å². The maximum absolute atomic E-state index is 13.6. The van der Waals surface area contributed by atoms with Gasteiger partial charge in [0, 0.05) is 62.8 Å². The molecule has 1 N–H and O–H groups in total. The molecule has 51 heavy (non-hydrogen) atoms. The van der Waals surface area contributed by atoms with Crippen LogP contribution in [0.2, 0.25) is 5.02 Å². The van der Waals surface area contributed by atoms with Crippen LogP contribution < -0.4 is 14.4 Å². The molecule has 11 heteroatoms. The number of anilines is 1. The number of halogens is 1. The van der Waals surface area contributed by atoms with Gasteiger partial charge in [-0.25, -0.2) is 13.1 Å². The third-order valence-corrected chi connectivity index (χ3v) is 13.5. The van der Waals surface area contributed by atoms with Crippen LogP contribution in [-0.2, 0) is 32.5 Å². The van der Waals surface area contributed by atoms with Crippen LogP contribution in [0.4, 0.5) is 5.69 Å². The van der Waals surface area contributed by atoms with Crippen molar-refractivity contribution in [2.75, 3.05) is 57.9 Å². The minimum absolute atomic E-state index is 0.138. The maximum atomic E-state index is 13.6. The lowest BCUT2D eigenvalue weighted by Gasteiger charge is -2.47. The number of nitrogens with one attached hydrogen (secondary N) is 1. The van der Waals surface area contributed by atoms with Gasteiger partial charge < -0.3 is 19.1 Å². The van der Waals surface area contributed by atoms with E-state index in [4.69, 9.17) is 25.8 Å². The van der Waals surface area contributed by atoms with Crippen molar-refractivity contribution in [2.24, 2.45) is 17.8 Å². The van der Waals surface area contributed by atoms with E-state index in [0.29, 0.717) is 23.8 Å². The van der Waals surface area contributed by atoms with E-state index >= 15 is 0 Å². The zero-order valence-electron chi connectivity index (χ0n) is 30.2. The molecule has 1 aliphatic carbocycles. The number of hydrogen-bond donors (Lipinski definition) is 1. The van der Waals surface area contributed by atoms with E-state index in [0.717, 1.165) is 95.7 Å². The monoisotopic (exact) mass is 737 g/mol. The lowest BCUT2D eigenvalue weighted by atomic mass is 9.64. The Morgan fingerprint density at radius 2 is 1.88 bits per heavy atom. The molecule has 2 fully saturated rings. The van der Waals surface area contributed by atoms with Crippen molar-refractivity contribution in [1.82, 2.24) is 9.62 Å². The summed E-state index contributed by atoms with van der Waals surface area (Å²) in [7, 11) is -2.23. The topological polar surface area (TPSA) is 97.4 Å². The number of carbonyl (C=O) groups excluding carboxylic acids is 1. The summed E-state index contributed by atoms with van der Waals surface area (Å²) in [6.07, 6.45) is 10.1. The molecule has 2 bridgehead atoms. The highest BCUT2D eigenvalue weighted by Gasteiger charge is 2.46. The molecule has 4 aliphatic rings. The lowest BCUT2D eigenvalue weighted by Crippen LogP contribution is -2.50. The number of sulfonamides is 1. The summed E-state index contributed by atoms with van der Waals surface area (Å²) in [5.41, 5.74) is 2.51. The van der Waals surface area contributed by atoms with Gasteiger partial charge >= 0.3 is 0 Å². The van der Waals surface area contributed by atoms with Crippen molar-refractivity contribution >= 4 is 33.2 Å². The summed E-state index contributed by atoms with van der Waals surface area (Å²) < 4.78 is 47.8. The maximum Gasteiger partial charge on any atom is 0.264 e. The first-order valence-corrected chi connectivity index (χ1v) is 20.4. The van der Waals surface area contributed by atoms with Crippen LogP contribution in [0.15, 0.2) is 48.6 Å². The number of methoxy groups -OCH3 is 1. The summed E-state index contributed by atoms with van der Waals surface area (Å²) in [4.78, 5) is 18.3. The summed E-state index contributed by atoms with van der Waals surface area (Å²) in [6.45, 7) is 9.62. The quantitative estimate of drug-likeness (QED) is 0.292. The predicted molar refractivity (Wildman–Crippen MR) is 202 cm³/mol. The van der Waals surface area contributed by atoms with Gasteiger partial charge in [0.15, 0.2) is 0 Å². The second-order valence-corrected chi connectivity index (χ2v) is 17.0. The van der Waals surface area contributed by atoms with Crippen LogP contribution in [0.1, 0.15) is 73.9 Å². The molecular formula is C40H52ClN3O6S. The van der Waals surface area contributed by atoms with Gasteiger partial charge in [-0.1, -0.05) is 42.5 Å². The van der Waals surface area contributed by atoms with Crippen molar-refractivity contribution in [3.63, 3.8) is 0 Å². The Hall–Kier alpha value is -3.07. The third-order valence-electron chi connectivity index (χ3n) is 11.3. The minimum atomic E-state index is -3.97. The van der Waals surface area contributed by atoms with Crippen molar-refractivity contribution in [2.45, 2.75) is 76.3 Å². The van der Waals surface area contributed by atoms with Gasteiger partial charge in [-0.15, -0.1) is 0 Å². The number of fused-ring (bicyclic) bond motifs is 3. The molecule has 3 heterocycles. The fourth-order valence-corrected chi connectivity index (χ4v) is 9.20. The normalized spacial score (nSPS) is 29.3. The highest BCUT2D eigenvalue weighted by Crippen LogP contribution is 2.46. The molecule has 0 spiro atoms. The second-order valence-electron chi connectivity index (χ2n) is 14.5. The number of ether oxygens (including phenoxy) is 3. The average molecular weight is 738 g/mol. The fourth-order valence-electron chi connectivity index (χ4n) is 7.72. The number of morpholine rings is 1. The Bertz CT molecular complexity index is 1750. The molecule has 1 saturated heterocycles. The Morgan fingerprint density at radius 3 is 2.65 bits per heavy atom. The number of hydrogen-bond acceptors (Lipinski definition) is 8. The molecule has 1 saturated carbocycles. The number of amides is 1. The van der Waals surface area contributed by atoms with Crippen LogP contribution in [0.5, 0.6) is 5.75 Å². The van der Waals surface area contributed by atoms with Crippen molar-refractivity contribution in [1.29, 1.82) is 0 Å². The second kappa shape index (κ2) is 16.7. The van der Waals surface area contributed by atoms with Crippen molar-refractivity contribution in [3.05, 3.63) is 70.3 Å². The van der Waals surface area contributed by atoms with Gasteiger partial charge in [-0.2, -0.15) is 0 Å². The van der Waals surface area contributed by atoms with Crippen LogP contribution in [0.25, 0.3) is 0 Å². The van der Waals surface area contributed by atoms with E-state index in [1.807, 2.05) is 31.2 Å². The molecule has 6 rings (SSSR count). The number of aryl methyl sites for hydroxylation is 1. The number of benzene rings is 2. The molecule has 0 aromatic heterocycles. The van der Waals surface area contributed by atoms with Crippen LogP contribution in [0.3, 0.4) is 0 Å². The van der Waals surface area contributed by atoms with Crippen molar-refractivity contribution < 1.29 is 27.4 Å². The van der Waals surface area contributed by atoms with Gasteiger partial charge in [0.1, 0.15) is 18.0 Å². The number of nitrogens with zero attached hydrogens (tertiary/aromatic N) is 2. The zero-order valence-corrected chi connectivity index (χ0v) is 31.7. The van der Waals surface area contributed by atoms with Crippen LogP contribution in [0, 0.1) is 29.6 Å². The van der Waals surface area contributed by atoms with E-state index in [-0.39, 0.29) is 23.3 Å². The molecule has 2 aromatic rings. The van der Waals surface area contributed by atoms with Crippen LogP contribution >= 0.6 is 11.6 Å². The molecule has 276 valence electrons. The first kappa shape index (κ1) is 37.7. The van der Waals surface area contributed by atoms with Gasteiger partial charge in [-0.05, 0) is 105 Å². The van der Waals surface area contributed by atoms with Gasteiger partial charge in [0.25, 0.3) is 5.91 Å². The van der Waals surface area contributed by atoms with E-state index in [1.165, 1.54) is 5.56 Å². The number of rotatable bonds is 3. The fraction of sp³-hybridized carbons (Fsp3) is 0.575. The summed E-state index contributed by atoms with van der Waals surface area (Å²) >= 11 is 6.38. The number of allylic oxidation sites excluding steroid dienone is 1. The van der Waals surface area contributed by atoms with E-state index < -0.39 is 26.8 Å². The number of carbonyl (C=O) groups is 1. The minimum Gasteiger partial charge on any atom is -0.487 e. The lowest BCUT2D eigenvalue weighted by molar-refractivity contribution is -0.0349. The van der Waals surface area contributed by atoms with E-state index in [1.54, 1.807) is 32.2 Å². The molecule has 2 aromatic carbocycles. The Morgan fingerprint density at radius 1 is 1.06 bits per heavy atom. The summed E-state index contributed by atoms with van der Waals surface area (Å²) in [5, 5.41) is -0.0967. The third kappa shape index (κ3) is 8.94. The first-order valence-electron chi connectivity index (χ1n) is 18.5. The van der Waals surface area contributed by atoms with Gasteiger partial charge in [-0.3, -0.25) is 9.69 Å². The SMILES string of the molecule is CO[C@]1(C#CCCN2CCOCC2)/C=C/C[C@H](C)[C@@H](C)S(=O)(=O)NC(=O)c2ccc3c(c2)N(CCCCc2cc(Cl)ccc2CO3)C[C@@H]2CC[C@H]21. The summed E-state index contributed by atoms with van der Waals surface area (Å²) in [5.74, 6) is 7.24. The van der Waals surface area contributed by atoms with E-state index in [2.05, 4.69) is 32.4 Å². The largest absolute Gasteiger partial charge is 0.487 e. The average Bonchev–Trinajstić information content (AvgIpc) is 3.14. The highest BCUT2D eigenvalue weighted by atomic mass is 35.5. The standard InChI is InChI=1S/C40H52ClN3O6S/c1-29-9-8-18-40(48-3,17-5-7-19-43-21-23-49-24-22-43)36-15-12-33(36)27-44-20-6-4-10-31-25-35(41)14-11-34(31)28-50-38-16-13-32(26-37(38)44)39(45)42-51(46,47)30(29)2/h8,11,13-14,16,18,25-26,29-30,33,36H,4,6-7,9-10,12,15,19-24,27-28H2,1-3H3,(H,42,45)/b18-8+/t29-,30+,33-,36+,40+/m0/s1. The molecule has 0 radical (unpaired) electrons. The molecule has 0 unspecified atom stereocenters. The highest BCUT2D eigenvalue weighted by molar-refractivity contribution is 7.90. The smallest absolute Gasteiger partial charge is 0.264 e. The molecule has 9 nitrogen and oxygen atoms in total. The zero-order chi connectivity index (χ0) is 36.0.